The van der Waals surface area contributed by atoms with Crippen molar-refractivity contribution < 1.29 is 4.79 Å². The molecule has 0 spiro atoms. The van der Waals surface area contributed by atoms with Crippen LogP contribution in [0.3, 0.4) is 0 Å². The van der Waals surface area contributed by atoms with Crippen molar-refractivity contribution in [1.82, 2.24) is 15.1 Å². The highest BCUT2D eigenvalue weighted by atomic mass is 32.2. The summed E-state index contributed by atoms with van der Waals surface area (Å²) in [4.78, 5) is 17.1. The molecule has 0 unspecified atom stereocenters. The van der Waals surface area contributed by atoms with Crippen LogP contribution in [0.25, 0.3) is 0 Å². The summed E-state index contributed by atoms with van der Waals surface area (Å²) in [5.74, 6) is 2.70. The molecule has 5 heteroatoms. The minimum atomic E-state index is 0.140. The number of rotatable bonds is 5. The zero-order valence-electron chi connectivity index (χ0n) is 13.7. The van der Waals surface area contributed by atoms with Crippen LogP contribution in [0.5, 0.6) is 0 Å². The molecule has 2 aliphatic heterocycles. The van der Waals surface area contributed by atoms with Crippen molar-refractivity contribution >= 4 is 17.7 Å². The first-order valence-electron chi connectivity index (χ1n) is 8.66. The fraction of sp³-hybridized carbons (Fsp3) is 0.611. The van der Waals surface area contributed by atoms with Gasteiger partial charge in [0.2, 0.25) is 5.91 Å². The van der Waals surface area contributed by atoms with E-state index >= 15 is 0 Å². The third kappa shape index (κ3) is 5.23. The molecule has 2 fully saturated rings. The molecule has 0 atom stereocenters. The van der Waals surface area contributed by atoms with E-state index < -0.39 is 0 Å². The summed E-state index contributed by atoms with van der Waals surface area (Å²) in [6.45, 7) is 5.75. The minimum absolute atomic E-state index is 0.140. The zero-order valence-corrected chi connectivity index (χ0v) is 14.6. The van der Waals surface area contributed by atoms with Gasteiger partial charge in [-0.05, 0) is 18.4 Å². The summed E-state index contributed by atoms with van der Waals surface area (Å²) >= 11 is 2.07. The summed E-state index contributed by atoms with van der Waals surface area (Å²) in [5, 5.41) is 3.03. The van der Waals surface area contributed by atoms with Crippen molar-refractivity contribution in [1.29, 1.82) is 0 Å². The number of likely N-dealkylation sites (tertiary alicyclic amines) is 1. The molecule has 1 N–H and O–H groups in total. The maximum absolute atomic E-state index is 12.1. The van der Waals surface area contributed by atoms with E-state index in [0.717, 1.165) is 24.7 Å². The standard InChI is InChI=1S/C18H27N3OS/c22-18(19-14-16-4-2-1-3-5-16)15-20-8-6-17(7-9-20)21-10-12-23-13-11-21/h1-5,17H,6-15H2,(H,19,22). The highest BCUT2D eigenvalue weighted by Gasteiger charge is 2.26. The summed E-state index contributed by atoms with van der Waals surface area (Å²) in [6.07, 6.45) is 2.41. The van der Waals surface area contributed by atoms with Gasteiger partial charge in [0.1, 0.15) is 0 Å². The smallest absolute Gasteiger partial charge is 0.234 e. The van der Waals surface area contributed by atoms with Crippen LogP contribution < -0.4 is 5.32 Å². The lowest BCUT2D eigenvalue weighted by molar-refractivity contribution is -0.122. The average molecular weight is 334 g/mol. The summed E-state index contributed by atoms with van der Waals surface area (Å²) in [5.41, 5.74) is 1.16. The van der Waals surface area contributed by atoms with Crippen LogP contribution in [-0.2, 0) is 11.3 Å². The van der Waals surface area contributed by atoms with Gasteiger partial charge in [0, 0.05) is 50.3 Å². The second kappa shape index (κ2) is 8.71. The van der Waals surface area contributed by atoms with E-state index in [4.69, 9.17) is 0 Å². The first-order chi connectivity index (χ1) is 11.3. The first-order valence-corrected chi connectivity index (χ1v) is 9.81. The Morgan fingerprint density at radius 2 is 1.78 bits per heavy atom. The Bertz CT molecular complexity index is 482. The Kier molecular flexibility index (Phi) is 6.37. The number of hydrogen-bond donors (Lipinski definition) is 1. The lowest BCUT2D eigenvalue weighted by Crippen LogP contribution is -2.49. The van der Waals surface area contributed by atoms with Crippen LogP contribution in [0.4, 0.5) is 0 Å². The molecule has 23 heavy (non-hydrogen) atoms. The van der Waals surface area contributed by atoms with Gasteiger partial charge in [0.25, 0.3) is 0 Å². The van der Waals surface area contributed by atoms with Crippen molar-refractivity contribution in [2.75, 3.05) is 44.2 Å². The van der Waals surface area contributed by atoms with Crippen LogP contribution >= 0.6 is 11.8 Å². The van der Waals surface area contributed by atoms with Gasteiger partial charge in [-0.15, -0.1) is 0 Å². The number of thioether (sulfide) groups is 1. The van der Waals surface area contributed by atoms with Crippen molar-refractivity contribution in [3.63, 3.8) is 0 Å². The van der Waals surface area contributed by atoms with Crippen molar-refractivity contribution in [2.45, 2.75) is 25.4 Å². The molecule has 0 radical (unpaired) electrons. The molecule has 1 aromatic rings. The number of benzene rings is 1. The van der Waals surface area contributed by atoms with Crippen molar-refractivity contribution in [2.24, 2.45) is 0 Å². The number of hydrogen-bond acceptors (Lipinski definition) is 4. The molecule has 0 aliphatic carbocycles. The number of carbonyl (C=O) groups excluding carboxylic acids is 1. The Morgan fingerprint density at radius 1 is 1.09 bits per heavy atom. The number of piperidine rings is 1. The Labute approximate surface area is 143 Å². The van der Waals surface area contributed by atoms with Crippen molar-refractivity contribution in [3.05, 3.63) is 35.9 Å². The molecule has 0 bridgehead atoms. The van der Waals surface area contributed by atoms with Crippen LogP contribution in [0.2, 0.25) is 0 Å². The van der Waals surface area contributed by atoms with Gasteiger partial charge in [-0.3, -0.25) is 14.6 Å². The van der Waals surface area contributed by atoms with Crippen LogP contribution in [0, 0.1) is 0 Å². The highest BCUT2D eigenvalue weighted by Crippen LogP contribution is 2.20. The van der Waals surface area contributed by atoms with E-state index in [9.17, 15) is 4.79 Å². The van der Waals surface area contributed by atoms with E-state index in [1.807, 2.05) is 30.3 Å². The van der Waals surface area contributed by atoms with E-state index in [1.54, 1.807) is 0 Å². The second-order valence-corrected chi connectivity index (χ2v) is 7.64. The summed E-state index contributed by atoms with van der Waals surface area (Å²) < 4.78 is 0. The van der Waals surface area contributed by atoms with Crippen molar-refractivity contribution in [3.8, 4) is 0 Å². The van der Waals surface area contributed by atoms with Gasteiger partial charge in [0.15, 0.2) is 0 Å². The lowest BCUT2D eigenvalue weighted by atomic mass is 10.0. The second-order valence-electron chi connectivity index (χ2n) is 6.42. The SMILES string of the molecule is O=C(CN1CCC(N2CCSCC2)CC1)NCc1ccccc1. The maximum Gasteiger partial charge on any atom is 0.234 e. The van der Waals surface area contributed by atoms with E-state index in [1.165, 1.54) is 37.4 Å². The molecule has 2 heterocycles. The van der Waals surface area contributed by atoms with Gasteiger partial charge in [0.05, 0.1) is 6.54 Å². The largest absolute Gasteiger partial charge is 0.351 e. The number of nitrogens with zero attached hydrogens (tertiary/aromatic N) is 2. The minimum Gasteiger partial charge on any atom is -0.351 e. The van der Waals surface area contributed by atoms with E-state index in [2.05, 4.69) is 26.9 Å². The molecular formula is C18H27N3OS. The molecule has 0 saturated carbocycles. The predicted octanol–water partition coefficient (Wildman–Crippen LogP) is 1.82. The quantitative estimate of drug-likeness (QED) is 0.891. The Hall–Kier alpha value is -1.04. The third-order valence-corrected chi connectivity index (χ3v) is 5.76. The number of nitrogens with one attached hydrogen (secondary N) is 1. The van der Waals surface area contributed by atoms with Crippen LogP contribution in [-0.4, -0.2) is 66.0 Å². The first kappa shape index (κ1) is 16.8. The molecule has 1 aromatic carbocycles. The van der Waals surface area contributed by atoms with Gasteiger partial charge in [-0.1, -0.05) is 30.3 Å². The molecule has 0 aromatic heterocycles. The summed E-state index contributed by atoms with van der Waals surface area (Å²) in [7, 11) is 0. The Balaban J connectivity index is 1.35. The van der Waals surface area contributed by atoms with Crippen LogP contribution in [0.15, 0.2) is 30.3 Å². The van der Waals surface area contributed by atoms with Gasteiger partial charge in [-0.25, -0.2) is 0 Å². The normalized spacial score (nSPS) is 21.2. The fourth-order valence-corrected chi connectivity index (χ4v) is 4.37. The average Bonchev–Trinajstić information content (AvgIpc) is 2.62. The Morgan fingerprint density at radius 3 is 2.48 bits per heavy atom. The molecule has 126 valence electrons. The highest BCUT2D eigenvalue weighted by molar-refractivity contribution is 7.99. The van der Waals surface area contributed by atoms with Gasteiger partial charge >= 0.3 is 0 Å². The van der Waals surface area contributed by atoms with E-state index in [-0.39, 0.29) is 5.91 Å². The summed E-state index contributed by atoms with van der Waals surface area (Å²) in [6, 6.07) is 10.8. The molecule has 4 nitrogen and oxygen atoms in total. The number of carbonyl (C=O) groups is 1. The maximum atomic E-state index is 12.1. The molecule has 3 rings (SSSR count). The molecular weight excluding hydrogens is 306 g/mol. The third-order valence-electron chi connectivity index (χ3n) is 4.82. The van der Waals surface area contributed by atoms with Gasteiger partial charge in [-0.2, -0.15) is 11.8 Å². The monoisotopic (exact) mass is 333 g/mol. The zero-order chi connectivity index (χ0) is 15.9. The molecule has 2 aliphatic rings. The van der Waals surface area contributed by atoms with E-state index in [0.29, 0.717) is 13.1 Å². The molecule has 1 amide bonds. The van der Waals surface area contributed by atoms with Crippen LogP contribution in [0.1, 0.15) is 18.4 Å². The predicted molar refractivity (Wildman–Crippen MR) is 96.6 cm³/mol. The fourth-order valence-electron chi connectivity index (χ4n) is 3.44. The van der Waals surface area contributed by atoms with Gasteiger partial charge < -0.3 is 5.32 Å². The molecule has 2 saturated heterocycles. The number of amides is 1. The topological polar surface area (TPSA) is 35.6 Å². The lowest BCUT2D eigenvalue weighted by Gasteiger charge is -2.39.